The van der Waals surface area contributed by atoms with Gasteiger partial charge in [-0.3, -0.25) is 4.99 Å². The average Bonchev–Trinajstić information content (AvgIpc) is 3.11. The van der Waals surface area contributed by atoms with Crippen molar-refractivity contribution < 1.29 is 0 Å². The van der Waals surface area contributed by atoms with E-state index in [9.17, 15) is 0 Å². The Kier molecular flexibility index (Phi) is 2.99. The van der Waals surface area contributed by atoms with Crippen molar-refractivity contribution in [2.45, 2.75) is 45.2 Å². The first-order chi connectivity index (χ1) is 10.6. The Morgan fingerprint density at radius 3 is 2.82 bits per heavy atom. The number of rotatable bonds is 4. The highest BCUT2D eigenvalue weighted by Crippen LogP contribution is 2.39. The van der Waals surface area contributed by atoms with Crippen molar-refractivity contribution in [1.82, 2.24) is 19.7 Å². The molecule has 1 aliphatic heterocycles. The largest absolute Gasteiger partial charge is 0.367 e. The fourth-order valence-corrected chi connectivity index (χ4v) is 2.95. The fraction of sp³-hybridized carbons (Fsp3) is 0.500. The third-order valence-electron chi connectivity index (χ3n) is 4.17. The Hall–Kier alpha value is -2.24. The molecule has 0 bridgehead atoms. The summed E-state index contributed by atoms with van der Waals surface area (Å²) in [5.74, 6) is 3.39. The first-order valence-electron chi connectivity index (χ1n) is 7.84. The number of hydrogen-bond donors (Lipinski definition) is 1. The lowest BCUT2D eigenvalue weighted by Gasteiger charge is -2.14. The lowest BCUT2D eigenvalue weighted by Crippen LogP contribution is -2.17. The van der Waals surface area contributed by atoms with E-state index in [0.29, 0.717) is 18.5 Å². The van der Waals surface area contributed by atoms with E-state index in [1.54, 1.807) is 0 Å². The number of nitrogens with zero attached hydrogens (tertiary/aromatic N) is 5. The summed E-state index contributed by atoms with van der Waals surface area (Å²) in [6.45, 7) is 4.91. The van der Waals surface area contributed by atoms with Gasteiger partial charge in [-0.15, -0.1) is 10.2 Å². The third kappa shape index (κ3) is 2.10. The van der Waals surface area contributed by atoms with Crippen molar-refractivity contribution in [1.29, 1.82) is 0 Å². The van der Waals surface area contributed by atoms with Crippen LogP contribution in [0.15, 0.2) is 17.3 Å². The standard InChI is InChI=1S/C16H20N6/c1-9(2)19-14-12-11(6-7-17-14)8-18-13(12)16-21-20-15(22(16)3)10-4-5-10/h6-7,9-10H,4-5,8H2,1-3H3,(H,17,19). The summed E-state index contributed by atoms with van der Waals surface area (Å²) in [6, 6.07) is 2.36. The monoisotopic (exact) mass is 296 g/mol. The van der Waals surface area contributed by atoms with Crippen LogP contribution in [0.1, 0.15) is 55.4 Å². The van der Waals surface area contributed by atoms with Gasteiger partial charge in [0.05, 0.1) is 12.1 Å². The molecule has 114 valence electrons. The molecule has 1 fully saturated rings. The maximum atomic E-state index is 4.71. The lowest BCUT2D eigenvalue weighted by atomic mass is 10.1. The molecule has 0 radical (unpaired) electrons. The predicted molar refractivity (Wildman–Crippen MR) is 85.3 cm³/mol. The van der Waals surface area contributed by atoms with Crippen LogP contribution in [0.2, 0.25) is 0 Å². The van der Waals surface area contributed by atoms with E-state index in [2.05, 4.69) is 38.9 Å². The van der Waals surface area contributed by atoms with Gasteiger partial charge in [0.2, 0.25) is 0 Å². The van der Waals surface area contributed by atoms with E-state index in [1.165, 1.54) is 18.4 Å². The van der Waals surface area contributed by atoms with Crippen LogP contribution in [0.5, 0.6) is 0 Å². The Bertz CT molecular complexity index is 754. The van der Waals surface area contributed by atoms with Crippen molar-refractivity contribution in [3.05, 3.63) is 35.0 Å². The van der Waals surface area contributed by atoms with E-state index in [-0.39, 0.29) is 0 Å². The molecule has 3 heterocycles. The highest BCUT2D eigenvalue weighted by atomic mass is 15.3. The number of fused-ring (bicyclic) bond motifs is 1. The molecule has 4 rings (SSSR count). The van der Waals surface area contributed by atoms with Crippen molar-refractivity contribution in [2.24, 2.45) is 12.0 Å². The average molecular weight is 296 g/mol. The minimum absolute atomic E-state index is 0.322. The summed E-state index contributed by atoms with van der Waals surface area (Å²) in [6.07, 6.45) is 4.28. The van der Waals surface area contributed by atoms with Crippen molar-refractivity contribution in [3.8, 4) is 0 Å². The molecule has 1 saturated carbocycles. The van der Waals surface area contributed by atoms with Crippen LogP contribution in [0, 0.1) is 0 Å². The topological polar surface area (TPSA) is 68.0 Å². The maximum Gasteiger partial charge on any atom is 0.182 e. The predicted octanol–water partition coefficient (Wildman–Crippen LogP) is 2.26. The maximum absolute atomic E-state index is 4.71. The molecule has 6 nitrogen and oxygen atoms in total. The fourth-order valence-electron chi connectivity index (χ4n) is 2.95. The normalized spacial score (nSPS) is 16.8. The molecule has 2 aromatic rings. The number of nitrogens with one attached hydrogen (secondary N) is 1. The molecule has 1 aliphatic carbocycles. The molecule has 0 unspecified atom stereocenters. The van der Waals surface area contributed by atoms with Gasteiger partial charge in [-0.05, 0) is 38.3 Å². The van der Waals surface area contributed by atoms with Crippen LogP contribution in [0.25, 0.3) is 0 Å². The molecular weight excluding hydrogens is 276 g/mol. The number of anilines is 1. The zero-order valence-corrected chi connectivity index (χ0v) is 13.2. The van der Waals surface area contributed by atoms with E-state index >= 15 is 0 Å². The number of aliphatic imine (C=N–C) groups is 1. The second-order valence-electron chi connectivity index (χ2n) is 6.37. The van der Waals surface area contributed by atoms with Gasteiger partial charge in [0.25, 0.3) is 0 Å². The lowest BCUT2D eigenvalue weighted by molar-refractivity contribution is 0.793. The number of aromatic nitrogens is 4. The highest BCUT2D eigenvalue weighted by molar-refractivity contribution is 6.16. The molecule has 6 heteroatoms. The van der Waals surface area contributed by atoms with Crippen LogP contribution in [0.3, 0.4) is 0 Å². The zero-order valence-electron chi connectivity index (χ0n) is 13.2. The molecule has 0 spiro atoms. The molecule has 0 aromatic carbocycles. The van der Waals surface area contributed by atoms with Gasteiger partial charge >= 0.3 is 0 Å². The molecule has 1 N–H and O–H groups in total. The van der Waals surface area contributed by atoms with Gasteiger partial charge in [0.1, 0.15) is 17.4 Å². The Morgan fingerprint density at radius 2 is 2.09 bits per heavy atom. The van der Waals surface area contributed by atoms with E-state index in [1.807, 2.05) is 19.3 Å². The molecule has 2 aromatic heterocycles. The smallest absolute Gasteiger partial charge is 0.182 e. The summed E-state index contributed by atoms with van der Waals surface area (Å²) in [4.78, 5) is 9.21. The molecule has 2 aliphatic rings. The quantitative estimate of drug-likeness (QED) is 0.939. The number of hydrogen-bond acceptors (Lipinski definition) is 5. The first-order valence-corrected chi connectivity index (χ1v) is 7.84. The molecule has 22 heavy (non-hydrogen) atoms. The van der Waals surface area contributed by atoms with Crippen molar-refractivity contribution in [2.75, 3.05) is 5.32 Å². The second kappa shape index (κ2) is 4.90. The van der Waals surface area contributed by atoms with Gasteiger partial charge in [-0.1, -0.05) is 0 Å². The Balaban J connectivity index is 1.78. The van der Waals surface area contributed by atoms with Crippen molar-refractivity contribution >= 4 is 11.5 Å². The highest BCUT2D eigenvalue weighted by Gasteiger charge is 2.32. The summed E-state index contributed by atoms with van der Waals surface area (Å²) < 4.78 is 2.09. The minimum Gasteiger partial charge on any atom is -0.367 e. The van der Waals surface area contributed by atoms with Crippen molar-refractivity contribution in [3.63, 3.8) is 0 Å². The number of pyridine rings is 1. The Labute approximate surface area is 129 Å². The summed E-state index contributed by atoms with van der Waals surface area (Å²) in [5.41, 5.74) is 3.19. The summed E-state index contributed by atoms with van der Waals surface area (Å²) in [7, 11) is 2.04. The first kappa shape index (κ1) is 13.4. The summed E-state index contributed by atoms with van der Waals surface area (Å²) in [5, 5.41) is 12.2. The van der Waals surface area contributed by atoms with Crippen LogP contribution in [-0.4, -0.2) is 31.5 Å². The van der Waals surface area contributed by atoms with Gasteiger partial charge < -0.3 is 9.88 Å². The Morgan fingerprint density at radius 1 is 1.27 bits per heavy atom. The summed E-state index contributed by atoms with van der Waals surface area (Å²) >= 11 is 0. The molecule has 0 saturated heterocycles. The minimum atomic E-state index is 0.322. The van der Waals surface area contributed by atoms with E-state index in [0.717, 1.165) is 28.7 Å². The van der Waals surface area contributed by atoms with E-state index < -0.39 is 0 Å². The van der Waals surface area contributed by atoms with Crippen LogP contribution in [-0.2, 0) is 13.6 Å². The van der Waals surface area contributed by atoms with E-state index in [4.69, 9.17) is 4.99 Å². The third-order valence-corrected chi connectivity index (χ3v) is 4.17. The molecule has 0 amide bonds. The zero-order chi connectivity index (χ0) is 15.3. The van der Waals surface area contributed by atoms with Gasteiger partial charge in [0, 0.05) is 25.2 Å². The van der Waals surface area contributed by atoms with Gasteiger partial charge in [-0.2, -0.15) is 0 Å². The van der Waals surface area contributed by atoms with Crippen LogP contribution >= 0.6 is 0 Å². The van der Waals surface area contributed by atoms with Crippen LogP contribution < -0.4 is 5.32 Å². The second-order valence-corrected chi connectivity index (χ2v) is 6.37. The SMILES string of the molecule is CC(C)Nc1nccc2c1C(c1nnc(C3CC3)n1C)=NC2. The molecule has 0 atom stereocenters. The van der Waals surface area contributed by atoms with Gasteiger partial charge in [-0.25, -0.2) is 4.98 Å². The van der Waals surface area contributed by atoms with Crippen LogP contribution in [0.4, 0.5) is 5.82 Å². The molecular formula is C16H20N6. The van der Waals surface area contributed by atoms with Gasteiger partial charge in [0.15, 0.2) is 5.82 Å².